The Morgan fingerprint density at radius 2 is 2.08 bits per heavy atom. The molecule has 3 heteroatoms. The van der Waals surface area contributed by atoms with Crippen LogP contribution >= 0.6 is 0 Å². The van der Waals surface area contributed by atoms with Gasteiger partial charge in [0.15, 0.2) is 0 Å². The van der Waals surface area contributed by atoms with Gasteiger partial charge in [0, 0.05) is 12.8 Å². The van der Waals surface area contributed by atoms with Crippen LogP contribution in [0.3, 0.4) is 0 Å². The third-order valence-corrected chi connectivity index (χ3v) is 1.61. The molecule has 0 heterocycles. The van der Waals surface area contributed by atoms with Crippen molar-refractivity contribution in [1.29, 1.82) is 0 Å². The van der Waals surface area contributed by atoms with Gasteiger partial charge in [0.25, 0.3) is 0 Å². The number of nitrogens with zero attached hydrogens (tertiary/aromatic N) is 1. The molecule has 1 aromatic rings. The molecule has 13 heavy (non-hydrogen) atoms. The van der Waals surface area contributed by atoms with E-state index in [1.165, 1.54) is 0 Å². The van der Waals surface area contributed by atoms with Gasteiger partial charge in [0.1, 0.15) is 5.75 Å². The molecule has 0 spiro atoms. The molecule has 2 N–H and O–H groups in total. The standard InChI is InChI=1S/C10H14N2O/c1-13-10-4-2-9(3-5-10)8-12-7-6-11/h2-5,8H,6-7,11H2,1H3. The number of nitrogens with two attached hydrogens (primary N) is 1. The highest BCUT2D eigenvalue weighted by molar-refractivity contribution is 5.79. The lowest BCUT2D eigenvalue weighted by Gasteiger charge is -1.98. The van der Waals surface area contributed by atoms with E-state index in [0.29, 0.717) is 13.1 Å². The van der Waals surface area contributed by atoms with E-state index in [-0.39, 0.29) is 0 Å². The summed E-state index contributed by atoms with van der Waals surface area (Å²) in [6.45, 7) is 1.26. The van der Waals surface area contributed by atoms with Crippen LogP contribution in [0.2, 0.25) is 0 Å². The first-order chi connectivity index (χ1) is 6.36. The lowest BCUT2D eigenvalue weighted by atomic mass is 10.2. The Morgan fingerprint density at radius 3 is 2.62 bits per heavy atom. The third kappa shape index (κ3) is 3.25. The van der Waals surface area contributed by atoms with Gasteiger partial charge in [-0.05, 0) is 29.8 Å². The van der Waals surface area contributed by atoms with Crippen LogP contribution in [0.25, 0.3) is 0 Å². The summed E-state index contributed by atoms with van der Waals surface area (Å²) < 4.78 is 5.03. The van der Waals surface area contributed by atoms with Gasteiger partial charge in [0.2, 0.25) is 0 Å². The number of rotatable bonds is 4. The quantitative estimate of drug-likeness (QED) is 0.701. The fourth-order valence-electron chi connectivity index (χ4n) is 0.934. The molecule has 0 aromatic heterocycles. The van der Waals surface area contributed by atoms with Crippen LogP contribution in [-0.2, 0) is 0 Å². The van der Waals surface area contributed by atoms with E-state index < -0.39 is 0 Å². The third-order valence-electron chi connectivity index (χ3n) is 1.61. The van der Waals surface area contributed by atoms with Crippen LogP contribution in [-0.4, -0.2) is 26.4 Å². The lowest BCUT2D eigenvalue weighted by Crippen LogP contribution is -2.02. The second-order valence-corrected chi connectivity index (χ2v) is 2.60. The van der Waals surface area contributed by atoms with Gasteiger partial charge in [-0.3, -0.25) is 4.99 Å². The SMILES string of the molecule is COc1ccc(C=NCCN)cc1. The maximum atomic E-state index is 5.30. The van der Waals surface area contributed by atoms with E-state index in [1.807, 2.05) is 30.5 Å². The van der Waals surface area contributed by atoms with Gasteiger partial charge >= 0.3 is 0 Å². The molecule has 1 aromatic carbocycles. The summed E-state index contributed by atoms with van der Waals surface area (Å²) in [5, 5.41) is 0. The molecule has 0 aliphatic carbocycles. The van der Waals surface area contributed by atoms with Crippen LogP contribution in [0.1, 0.15) is 5.56 Å². The molecule has 0 fully saturated rings. The monoisotopic (exact) mass is 178 g/mol. The highest BCUT2D eigenvalue weighted by atomic mass is 16.5. The number of aliphatic imine (C=N–C) groups is 1. The minimum atomic E-state index is 0.590. The van der Waals surface area contributed by atoms with Crippen molar-refractivity contribution in [2.75, 3.05) is 20.2 Å². The highest BCUT2D eigenvalue weighted by Gasteiger charge is 1.89. The molecule has 0 aliphatic heterocycles. The fraction of sp³-hybridized carbons (Fsp3) is 0.300. The van der Waals surface area contributed by atoms with E-state index in [2.05, 4.69) is 4.99 Å². The Morgan fingerprint density at radius 1 is 1.38 bits per heavy atom. The van der Waals surface area contributed by atoms with Crippen LogP contribution in [0.5, 0.6) is 5.75 Å². The first kappa shape index (κ1) is 9.74. The Hall–Kier alpha value is -1.35. The summed E-state index contributed by atoms with van der Waals surface area (Å²) in [7, 11) is 1.65. The van der Waals surface area contributed by atoms with Gasteiger partial charge in [0.05, 0.1) is 13.7 Å². The molecule has 0 bridgehead atoms. The fourth-order valence-corrected chi connectivity index (χ4v) is 0.934. The first-order valence-electron chi connectivity index (χ1n) is 4.21. The van der Waals surface area contributed by atoms with E-state index in [0.717, 1.165) is 11.3 Å². The van der Waals surface area contributed by atoms with E-state index in [1.54, 1.807) is 7.11 Å². The van der Waals surface area contributed by atoms with E-state index >= 15 is 0 Å². The Kier molecular flexibility index (Phi) is 3.99. The second-order valence-electron chi connectivity index (χ2n) is 2.60. The summed E-state index contributed by atoms with van der Waals surface area (Å²) in [5.41, 5.74) is 6.37. The van der Waals surface area contributed by atoms with Crippen molar-refractivity contribution in [3.63, 3.8) is 0 Å². The first-order valence-corrected chi connectivity index (χ1v) is 4.21. The summed E-state index contributed by atoms with van der Waals surface area (Å²) in [5.74, 6) is 0.857. The van der Waals surface area contributed by atoms with Crippen molar-refractivity contribution in [2.45, 2.75) is 0 Å². The Bertz CT molecular complexity index is 267. The Balaban J connectivity index is 2.58. The Labute approximate surface area is 78.2 Å². The van der Waals surface area contributed by atoms with Gasteiger partial charge in [-0.25, -0.2) is 0 Å². The molecular formula is C10H14N2O. The van der Waals surface area contributed by atoms with Gasteiger partial charge in [-0.2, -0.15) is 0 Å². The molecule has 0 amide bonds. The largest absolute Gasteiger partial charge is 0.497 e. The minimum Gasteiger partial charge on any atom is -0.497 e. The molecule has 0 saturated heterocycles. The minimum absolute atomic E-state index is 0.590. The van der Waals surface area contributed by atoms with Crippen molar-refractivity contribution in [3.05, 3.63) is 29.8 Å². The summed E-state index contributed by atoms with van der Waals surface area (Å²) in [4.78, 5) is 4.12. The summed E-state index contributed by atoms with van der Waals surface area (Å²) >= 11 is 0. The molecule has 0 unspecified atom stereocenters. The zero-order valence-corrected chi connectivity index (χ0v) is 7.73. The topological polar surface area (TPSA) is 47.6 Å². The zero-order valence-electron chi connectivity index (χ0n) is 7.73. The number of hydrogen-bond donors (Lipinski definition) is 1. The molecule has 70 valence electrons. The van der Waals surface area contributed by atoms with Crippen LogP contribution < -0.4 is 10.5 Å². The van der Waals surface area contributed by atoms with Crippen molar-refractivity contribution in [1.82, 2.24) is 0 Å². The maximum Gasteiger partial charge on any atom is 0.118 e. The number of benzene rings is 1. The lowest BCUT2D eigenvalue weighted by molar-refractivity contribution is 0.415. The van der Waals surface area contributed by atoms with Crippen molar-refractivity contribution in [2.24, 2.45) is 10.7 Å². The van der Waals surface area contributed by atoms with E-state index in [4.69, 9.17) is 10.5 Å². The molecule has 1 rings (SSSR count). The average Bonchev–Trinajstić information content (AvgIpc) is 2.19. The normalized spacial score (nSPS) is 10.6. The van der Waals surface area contributed by atoms with Crippen LogP contribution in [0.15, 0.2) is 29.3 Å². The molecule has 0 atom stereocenters. The predicted octanol–water partition coefficient (Wildman–Crippen LogP) is 1.07. The van der Waals surface area contributed by atoms with Gasteiger partial charge < -0.3 is 10.5 Å². The van der Waals surface area contributed by atoms with Crippen molar-refractivity contribution < 1.29 is 4.74 Å². The van der Waals surface area contributed by atoms with Gasteiger partial charge in [-0.1, -0.05) is 0 Å². The zero-order chi connectivity index (χ0) is 9.52. The van der Waals surface area contributed by atoms with Crippen LogP contribution in [0, 0.1) is 0 Å². The van der Waals surface area contributed by atoms with Crippen LogP contribution in [0.4, 0.5) is 0 Å². The summed E-state index contributed by atoms with van der Waals surface area (Å²) in [6.07, 6.45) is 1.81. The molecule has 0 saturated carbocycles. The molecule has 0 radical (unpaired) electrons. The van der Waals surface area contributed by atoms with E-state index in [9.17, 15) is 0 Å². The second kappa shape index (κ2) is 5.32. The number of hydrogen-bond acceptors (Lipinski definition) is 3. The van der Waals surface area contributed by atoms with Gasteiger partial charge in [-0.15, -0.1) is 0 Å². The summed E-state index contributed by atoms with van der Waals surface area (Å²) in [6, 6.07) is 7.73. The molecule has 3 nitrogen and oxygen atoms in total. The number of ether oxygens (including phenoxy) is 1. The highest BCUT2D eigenvalue weighted by Crippen LogP contribution is 2.09. The molecule has 0 aliphatic rings. The van der Waals surface area contributed by atoms with Crippen molar-refractivity contribution >= 4 is 6.21 Å². The molecular weight excluding hydrogens is 164 g/mol. The maximum absolute atomic E-state index is 5.30. The smallest absolute Gasteiger partial charge is 0.118 e. The predicted molar refractivity (Wildman–Crippen MR) is 54.5 cm³/mol. The average molecular weight is 178 g/mol. The number of methoxy groups -OCH3 is 1. The van der Waals surface area contributed by atoms with Crippen molar-refractivity contribution in [3.8, 4) is 5.75 Å².